The van der Waals surface area contributed by atoms with Gasteiger partial charge in [-0.25, -0.2) is 4.98 Å². The maximum absolute atomic E-state index is 12.5. The van der Waals surface area contributed by atoms with Crippen LogP contribution in [0.3, 0.4) is 0 Å². The number of hydrogen-bond donors (Lipinski definition) is 3. The molecule has 26 heavy (non-hydrogen) atoms. The van der Waals surface area contributed by atoms with E-state index in [0.717, 1.165) is 23.1 Å². The highest BCUT2D eigenvalue weighted by molar-refractivity contribution is 6.05. The lowest BCUT2D eigenvalue weighted by atomic mass is 10.1. The van der Waals surface area contributed by atoms with Crippen molar-refractivity contribution in [1.82, 2.24) is 30.4 Å². The van der Waals surface area contributed by atoms with E-state index in [-0.39, 0.29) is 29.6 Å². The molecule has 1 aromatic carbocycles. The summed E-state index contributed by atoms with van der Waals surface area (Å²) in [6.07, 6.45) is 4.44. The summed E-state index contributed by atoms with van der Waals surface area (Å²) in [5.74, 6) is 0.223. The van der Waals surface area contributed by atoms with E-state index in [1.165, 1.54) is 0 Å². The second-order valence-corrected chi connectivity index (χ2v) is 6.65. The Labute approximate surface area is 150 Å². The maximum Gasteiger partial charge on any atom is 0.273 e. The van der Waals surface area contributed by atoms with Gasteiger partial charge in [0.15, 0.2) is 5.69 Å². The van der Waals surface area contributed by atoms with E-state index in [2.05, 4.69) is 37.3 Å². The van der Waals surface area contributed by atoms with Gasteiger partial charge in [0.25, 0.3) is 5.91 Å². The van der Waals surface area contributed by atoms with Crippen LogP contribution in [0.1, 0.15) is 48.7 Å². The summed E-state index contributed by atoms with van der Waals surface area (Å²) >= 11 is 0. The quantitative estimate of drug-likeness (QED) is 0.664. The highest BCUT2D eigenvalue weighted by Gasteiger charge is 2.31. The SMILES string of the molecule is CC(NC(=O)c1n[nH]c2ccccc12)C(=O)NC1CC(C)n2ccnc21. The van der Waals surface area contributed by atoms with Crippen molar-refractivity contribution in [3.63, 3.8) is 0 Å². The minimum Gasteiger partial charge on any atom is -0.344 e. The number of hydrogen-bond acceptors (Lipinski definition) is 4. The molecule has 1 aliphatic rings. The number of rotatable bonds is 4. The number of carbonyl (C=O) groups is 2. The van der Waals surface area contributed by atoms with E-state index in [1.54, 1.807) is 13.1 Å². The molecule has 3 N–H and O–H groups in total. The van der Waals surface area contributed by atoms with Gasteiger partial charge in [0.2, 0.25) is 5.91 Å². The lowest BCUT2D eigenvalue weighted by Crippen LogP contribution is -2.45. The van der Waals surface area contributed by atoms with E-state index in [0.29, 0.717) is 0 Å². The monoisotopic (exact) mass is 352 g/mol. The zero-order chi connectivity index (χ0) is 18.3. The molecule has 0 radical (unpaired) electrons. The van der Waals surface area contributed by atoms with Gasteiger partial charge in [0.1, 0.15) is 11.9 Å². The summed E-state index contributed by atoms with van der Waals surface area (Å²) in [6, 6.07) is 6.84. The third-order valence-corrected chi connectivity index (χ3v) is 4.80. The molecule has 3 atom stereocenters. The Morgan fingerprint density at radius 1 is 1.35 bits per heavy atom. The van der Waals surface area contributed by atoms with Gasteiger partial charge in [-0.05, 0) is 26.3 Å². The van der Waals surface area contributed by atoms with Crippen molar-refractivity contribution in [3.05, 3.63) is 48.2 Å². The van der Waals surface area contributed by atoms with Crippen molar-refractivity contribution >= 4 is 22.7 Å². The predicted molar refractivity (Wildman–Crippen MR) is 95.5 cm³/mol. The zero-order valence-corrected chi connectivity index (χ0v) is 14.6. The highest BCUT2D eigenvalue weighted by atomic mass is 16.2. The van der Waals surface area contributed by atoms with Gasteiger partial charge in [-0.2, -0.15) is 5.10 Å². The number of imidazole rings is 1. The van der Waals surface area contributed by atoms with Crippen LogP contribution in [0.5, 0.6) is 0 Å². The fraction of sp³-hybridized carbons (Fsp3) is 0.333. The molecule has 8 heteroatoms. The lowest BCUT2D eigenvalue weighted by molar-refractivity contribution is -0.123. The van der Waals surface area contributed by atoms with E-state index in [9.17, 15) is 9.59 Å². The first kappa shape index (κ1) is 16.3. The Balaban J connectivity index is 1.42. The first-order valence-corrected chi connectivity index (χ1v) is 8.61. The third-order valence-electron chi connectivity index (χ3n) is 4.80. The van der Waals surface area contributed by atoms with Gasteiger partial charge < -0.3 is 15.2 Å². The van der Waals surface area contributed by atoms with Crippen molar-refractivity contribution in [2.75, 3.05) is 0 Å². The Morgan fingerprint density at radius 2 is 2.15 bits per heavy atom. The molecule has 134 valence electrons. The Bertz CT molecular complexity index is 975. The smallest absolute Gasteiger partial charge is 0.273 e. The predicted octanol–water partition coefficient (Wildman–Crippen LogP) is 1.70. The van der Waals surface area contributed by atoms with Gasteiger partial charge in [-0.15, -0.1) is 0 Å². The van der Waals surface area contributed by atoms with Gasteiger partial charge in [0.05, 0.1) is 11.6 Å². The average molecular weight is 352 g/mol. The Morgan fingerprint density at radius 3 is 3.00 bits per heavy atom. The number of para-hydroxylation sites is 1. The number of nitrogens with one attached hydrogen (secondary N) is 3. The van der Waals surface area contributed by atoms with E-state index in [1.807, 2.05) is 30.5 Å². The molecule has 0 aliphatic carbocycles. The Hall–Kier alpha value is -3.16. The molecule has 8 nitrogen and oxygen atoms in total. The van der Waals surface area contributed by atoms with Gasteiger partial charge in [0, 0.05) is 23.8 Å². The third kappa shape index (κ3) is 2.73. The van der Waals surface area contributed by atoms with E-state index >= 15 is 0 Å². The molecule has 3 aromatic rings. The van der Waals surface area contributed by atoms with Crippen LogP contribution in [0.4, 0.5) is 0 Å². The van der Waals surface area contributed by atoms with E-state index in [4.69, 9.17) is 0 Å². The number of carbonyl (C=O) groups excluding carboxylic acids is 2. The molecular formula is C18H20N6O2. The largest absolute Gasteiger partial charge is 0.344 e. The van der Waals surface area contributed by atoms with Crippen molar-refractivity contribution in [3.8, 4) is 0 Å². The summed E-state index contributed by atoms with van der Waals surface area (Å²) in [5.41, 5.74) is 1.06. The minimum absolute atomic E-state index is 0.141. The molecule has 2 aromatic heterocycles. The fourth-order valence-electron chi connectivity index (χ4n) is 3.41. The number of amides is 2. The van der Waals surface area contributed by atoms with Crippen LogP contribution >= 0.6 is 0 Å². The molecule has 0 saturated heterocycles. The lowest BCUT2D eigenvalue weighted by Gasteiger charge is -2.17. The Kier molecular flexibility index (Phi) is 3.95. The number of aromatic amines is 1. The van der Waals surface area contributed by atoms with Gasteiger partial charge >= 0.3 is 0 Å². The van der Waals surface area contributed by atoms with Crippen LogP contribution in [-0.4, -0.2) is 37.6 Å². The topological polar surface area (TPSA) is 105 Å². The van der Waals surface area contributed by atoms with Crippen molar-refractivity contribution in [2.45, 2.75) is 38.4 Å². The molecule has 3 heterocycles. The highest BCUT2D eigenvalue weighted by Crippen LogP contribution is 2.32. The van der Waals surface area contributed by atoms with Crippen LogP contribution in [0.2, 0.25) is 0 Å². The number of H-pyrrole nitrogens is 1. The number of fused-ring (bicyclic) bond motifs is 2. The molecule has 2 amide bonds. The summed E-state index contributed by atoms with van der Waals surface area (Å²) in [4.78, 5) is 29.3. The number of nitrogens with zero attached hydrogens (tertiary/aromatic N) is 3. The minimum atomic E-state index is -0.683. The summed E-state index contributed by atoms with van der Waals surface area (Å²) in [7, 11) is 0. The molecule has 0 fully saturated rings. The average Bonchev–Trinajstić information content (AvgIpc) is 3.32. The molecule has 0 saturated carbocycles. The molecular weight excluding hydrogens is 332 g/mol. The zero-order valence-electron chi connectivity index (χ0n) is 14.6. The van der Waals surface area contributed by atoms with Crippen LogP contribution in [0.15, 0.2) is 36.7 Å². The summed E-state index contributed by atoms with van der Waals surface area (Å²) < 4.78 is 2.06. The maximum atomic E-state index is 12.5. The second-order valence-electron chi connectivity index (χ2n) is 6.65. The first-order chi connectivity index (χ1) is 12.5. The van der Waals surface area contributed by atoms with Crippen LogP contribution in [0.25, 0.3) is 10.9 Å². The van der Waals surface area contributed by atoms with E-state index < -0.39 is 6.04 Å². The first-order valence-electron chi connectivity index (χ1n) is 8.61. The van der Waals surface area contributed by atoms with Gasteiger partial charge in [-0.3, -0.25) is 14.7 Å². The standard InChI is InChI=1S/C18H20N6O2/c1-10-9-14(16-19-7-8-24(10)16)21-17(25)11(2)20-18(26)15-12-5-3-4-6-13(12)22-23-15/h3-8,10-11,14H,9H2,1-2H3,(H,20,26)(H,21,25)(H,22,23). The van der Waals surface area contributed by atoms with Crippen molar-refractivity contribution in [1.29, 1.82) is 0 Å². The molecule has 4 rings (SSSR count). The van der Waals surface area contributed by atoms with Crippen molar-refractivity contribution in [2.24, 2.45) is 0 Å². The number of benzene rings is 1. The molecule has 0 spiro atoms. The summed E-state index contributed by atoms with van der Waals surface area (Å²) in [5, 5.41) is 13.3. The summed E-state index contributed by atoms with van der Waals surface area (Å²) in [6.45, 7) is 3.75. The van der Waals surface area contributed by atoms with Crippen LogP contribution < -0.4 is 10.6 Å². The normalized spacial score (nSPS) is 19.9. The van der Waals surface area contributed by atoms with Crippen LogP contribution in [0, 0.1) is 0 Å². The number of aromatic nitrogens is 4. The van der Waals surface area contributed by atoms with Crippen molar-refractivity contribution < 1.29 is 9.59 Å². The van der Waals surface area contributed by atoms with Crippen LogP contribution in [-0.2, 0) is 4.79 Å². The second kappa shape index (κ2) is 6.29. The molecule has 1 aliphatic heterocycles. The molecule has 3 unspecified atom stereocenters. The fourth-order valence-corrected chi connectivity index (χ4v) is 3.41. The molecule has 0 bridgehead atoms. The van der Waals surface area contributed by atoms with Gasteiger partial charge in [-0.1, -0.05) is 18.2 Å².